The van der Waals surface area contributed by atoms with Crippen LogP contribution in [0.25, 0.3) is 0 Å². The lowest BCUT2D eigenvalue weighted by atomic mass is 10.1. The van der Waals surface area contributed by atoms with E-state index in [9.17, 15) is 4.79 Å². The zero-order valence-corrected chi connectivity index (χ0v) is 10.8. The van der Waals surface area contributed by atoms with Gasteiger partial charge in [-0.1, -0.05) is 6.07 Å². The maximum atomic E-state index is 10.9. The highest BCUT2D eigenvalue weighted by Gasteiger charge is 2.18. The highest BCUT2D eigenvalue weighted by Crippen LogP contribution is 2.22. The number of rotatable bonds is 4. The van der Waals surface area contributed by atoms with Gasteiger partial charge in [0.25, 0.3) is 0 Å². The van der Waals surface area contributed by atoms with Gasteiger partial charge in [0, 0.05) is 0 Å². The largest absolute Gasteiger partial charge is 0.544 e. The maximum absolute atomic E-state index is 10.9. The van der Waals surface area contributed by atoms with Crippen molar-refractivity contribution >= 4 is 14.6 Å². The molecule has 0 aliphatic rings. The van der Waals surface area contributed by atoms with Crippen LogP contribution in [0.3, 0.4) is 0 Å². The third-order valence-electron chi connectivity index (χ3n) is 1.90. The van der Waals surface area contributed by atoms with E-state index in [0.717, 1.165) is 11.8 Å². The Morgan fingerprint density at radius 2 is 2.12 bits per heavy atom. The van der Waals surface area contributed by atoms with Gasteiger partial charge >= 0.3 is 0 Å². The lowest BCUT2D eigenvalue weighted by Gasteiger charge is -2.20. The van der Waals surface area contributed by atoms with Crippen LogP contribution in [0.2, 0.25) is 19.6 Å². The molecule has 0 fully saturated rings. The average molecular weight is 233 g/mol. The van der Waals surface area contributed by atoms with E-state index in [1.165, 1.54) is 0 Å². The number of nitrogens with zero attached hydrogens (tertiary/aromatic N) is 1. The molecular formula is C12H15NO2Si. The van der Waals surface area contributed by atoms with Gasteiger partial charge in [-0.2, -0.15) is 5.26 Å². The van der Waals surface area contributed by atoms with E-state index in [-0.39, 0.29) is 0 Å². The van der Waals surface area contributed by atoms with Crippen LogP contribution in [0, 0.1) is 11.3 Å². The summed E-state index contributed by atoms with van der Waals surface area (Å²) in [6, 6.07) is 7.37. The minimum absolute atomic E-state index is 0.314. The van der Waals surface area contributed by atoms with Crippen molar-refractivity contribution in [2.24, 2.45) is 0 Å². The molecule has 0 aromatic heterocycles. The van der Waals surface area contributed by atoms with Gasteiger partial charge in [-0.15, -0.1) is 0 Å². The second-order valence-corrected chi connectivity index (χ2v) is 8.97. The zero-order chi connectivity index (χ0) is 12.2. The molecule has 0 heterocycles. The third kappa shape index (κ3) is 3.52. The van der Waals surface area contributed by atoms with Crippen LogP contribution in [-0.2, 0) is 6.42 Å². The lowest BCUT2D eigenvalue weighted by Crippen LogP contribution is -2.29. The fourth-order valence-corrected chi connectivity index (χ4v) is 2.16. The van der Waals surface area contributed by atoms with E-state index in [1.807, 2.05) is 6.07 Å². The number of benzene rings is 1. The summed E-state index contributed by atoms with van der Waals surface area (Å²) >= 11 is 0. The zero-order valence-electron chi connectivity index (χ0n) is 9.78. The Morgan fingerprint density at radius 3 is 2.62 bits per heavy atom. The van der Waals surface area contributed by atoms with Gasteiger partial charge in [0.15, 0.2) is 6.29 Å². The fraction of sp³-hybridized carbons (Fsp3) is 0.333. The van der Waals surface area contributed by atoms with Crippen molar-refractivity contribution in [1.82, 2.24) is 0 Å². The molecule has 1 aromatic carbocycles. The molecule has 1 rings (SSSR count). The summed E-state index contributed by atoms with van der Waals surface area (Å²) in [4.78, 5) is 10.9. The first kappa shape index (κ1) is 12.5. The fourth-order valence-electron chi connectivity index (χ4n) is 1.31. The minimum Gasteiger partial charge on any atom is -0.544 e. The number of hydrogen-bond acceptors (Lipinski definition) is 3. The summed E-state index contributed by atoms with van der Waals surface area (Å²) in [6.07, 6.45) is 1.09. The van der Waals surface area contributed by atoms with E-state index >= 15 is 0 Å². The van der Waals surface area contributed by atoms with Crippen molar-refractivity contribution in [2.45, 2.75) is 26.1 Å². The molecule has 16 heavy (non-hydrogen) atoms. The smallest absolute Gasteiger partial charge is 0.242 e. The first-order valence-corrected chi connectivity index (χ1v) is 8.51. The van der Waals surface area contributed by atoms with Gasteiger partial charge < -0.3 is 4.43 Å². The Morgan fingerprint density at radius 1 is 1.44 bits per heavy atom. The van der Waals surface area contributed by atoms with Gasteiger partial charge in [-0.3, -0.25) is 4.79 Å². The molecule has 0 atom stereocenters. The summed E-state index contributed by atoms with van der Waals surface area (Å²) in [5.74, 6) is 0.621. The normalized spacial score (nSPS) is 10.6. The van der Waals surface area contributed by atoms with Crippen LogP contribution in [0.5, 0.6) is 5.75 Å². The molecule has 0 N–H and O–H groups in total. The van der Waals surface area contributed by atoms with E-state index < -0.39 is 8.32 Å². The lowest BCUT2D eigenvalue weighted by molar-refractivity contribution is 0.112. The molecular weight excluding hydrogens is 218 g/mol. The van der Waals surface area contributed by atoms with E-state index in [1.54, 1.807) is 12.1 Å². The van der Waals surface area contributed by atoms with Crippen molar-refractivity contribution in [3.8, 4) is 11.8 Å². The van der Waals surface area contributed by atoms with Gasteiger partial charge in [-0.05, 0) is 37.3 Å². The van der Waals surface area contributed by atoms with Gasteiger partial charge in [0.1, 0.15) is 5.75 Å². The molecule has 0 radical (unpaired) electrons. The molecule has 84 valence electrons. The topological polar surface area (TPSA) is 50.1 Å². The second-order valence-electron chi connectivity index (χ2n) is 4.54. The molecule has 3 nitrogen and oxygen atoms in total. The Bertz CT molecular complexity index is 430. The predicted molar refractivity (Wildman–Crippen MR) is 65.1 cm³/mol. The molecule has 4 heteroatoms. The Balaban J connectivity index is 3.03. The van der Waals surface area contributed by atoms with E-state index in [4.69, 9.17) is 9.69 Å². The van der Waals surface area contributed by atoms with Crippen molar-refractivity contribution in [3.63, 3.8) is 0 Å². The van der Waals surface area contributed by atoms with Gasteiger partial charge in [-0.25, -0.2) is 0 Å². The quantitative estimate of drug-likeness (QED) is 0.593. The molecule has 0 amide bonds. The molecule has 0 saturated heterocycles. The number of carbonyl (C=O) groups excluding carboxylic acids is 1. The number of aldehydes is 1. The first-order valence-electron chi connectivity index (χ1n) is 5.10. The Kier molecular flexibility index (Phi) is 3.86. The summed E-state index contributed by atoms with van der Waals surface area (Å²) in [7, 11) is -1.71. The van der Waals surface area contributed by atoms with Crippen LogP contribution >= 0.6 is 0 Å². The summed E-state index contributed by atoms with van der Waals surface area (Å²) < 4.78 is 5.78. The van der Waals surface area contributed by atoms with Crippen molar-refractivity contribution in [3.05, 3.63) is 29.3 Å². The average Bonchev–Trinajstić information content (AvgIpc) is 2.18. The standard InChI is InChI=1S/C12H15NO2Si/c1-16(2,3)15-12-5-4-10(6-7-13)8-11(12)9-14/h4-5,8-9H,6H2,1-3H3. The molecule has 0 spiro atoms. The maximum Gasteiger partial charge on any atom is 0.242 e. The van der Waals surface area contributed by atoms with Gasteiger partial charge in [0.2, 0.25) is 8.32 Å². The number of hydrogen-bond donors (Lipinski definition) is 0. The SMILES string of the molecule is C[Si](C)(C)Oc1ccc(CC#N)cc1C=O. The second kappa shape index (κ2) is 4.95. The number of carbonyl (C=O) groups is 1. The molecule has 0 aliphatic heterocycles. The Labute approximate surface area is 96.8 Å². The van der Waals surface area contributed by atoms with E-state index in [0.29, 0.717) is 17.7 Å². The van der Waals surface area contributed by atoms with Crippen LogP contribution in [0.15, 0.2) is 18.2 Å². The highest BCUT2D eigenvalue weighted by atomic mass is 28.4. The predicted octanol–water partition coefficient (Wildman–Crippen LogP) is 2.78. The van der Waals surface area contributed by atoms with Crippen LogP contribution in [0.1, 0.15) is 15.9 Å². The highest BCUT2D eigenvalue weighted by molar-refractivity contribution is 6.70. The first-order chi connectivity index (χ1) is 7.46. The third-order valence-corrected chi connectivity index (χ3v) is 2.73. The summed E-state index contributed by atoms with van der Waals surface area (Å²) in [5, 5.41) is 8.58. The summed E-state index contributed by atoms with van der Waals surface area (Å²) in [5.41, 5.74) is 1.36. The summed E-state index contributed by atoms with van der Waals surface area (Å²) in [6.45, 7) is 6.18. The van der Waals surface area contributed by atoms with Crippen molar-refractivity contribution in [2.75, 3.05) is 0 Å². The molecule has 0 bridgehead atoms. The van der Waals surface area contributed by atoms with E-state index in [2.05, 4.69) is 25.7 Å². The molecule has 0 unspecified atom stereocenters. The van der Waals surface area contributed by atoms with Gasteiger partial charge in [0.05, 0.1) is 18.1 Å². The molecule has 0 aliphatic carbocycles. The molecule has 1 aromatic rings. The van der Waals surface area contributed by atoms with Crippen molar-refractivity contribution < 1.29 is 9.22 Å². The van der Waals surface area contributed by atoms with Crippen LogP contribution < -0.4 is 4.43 Å². The monoisotopic (exact) mass is 233 g/mol. The Hall–Kier alpha value is -1.60. The molecule has 0 saturated carbocycles. The minimum atomic E-state index is -1.71. The number of nitriles is 1. The van der Waals surface area contributed by atoms with Crippen LogP contribution in [0.4, 0.5) is 0 Å². The van der Waals surface area contributed by atoms with Crippen molar-refractivity contribution in [1.29, 1.82) is 5.26 Å². The van der Waals surface area contributed by atoms with Crippen LogP contribution in [-0.4, -0.2) is 14.6 Å².